The normalized spacial score (nSPS) is 22.1. The first-order valence-corrected chi connectivity index (χ1v) is 9.39. The Labute approximate surface area is 153 Å². The largest absolute Gasteiger partial charge is 0.370 e. The highest BCUT2D eigenvalue weighted by molar-refractivity contribution is 5.47. The molecule has 0 radical (unpaired) electrons. The van der Waals surface area contributed by atoms with Crippen molar-refractivity contribution in [1.82, 2.24) is 9.80 Å². The average Bonchev–Trinajstić information content (AvgIpc) is 3.16. The summed E-state index contributed by atoms with van der Waals surface area (Å²) in [6.07, 6.45) is 1.21. The number of para-hydroxylation sites is 1. The summed E-state index contributed by atoms with van der Waals surface area (Å²) < 4.78 is 26.4. The number of hydrogen-bond donors (Lipinski definition) is 0. The smallest absolute Gasteiger partial charge is 0.159 e. The molecule has 0 N–H and O–H groups in total. The lowest BCUT2D eigenvalue weighted by atomic mass is 10.1. The molecule has 2 aromatic rings. The summed E-state index contributed by atoms with van der Waals surface area (Å²) in [6, 6.07) is 15.4. The Morgan fingerprint density at radius 2 is 1.62 bits per heavy atom. The molecule has 0 amide bonds. The van der Waals surface area contributed by atoms with E-state index in [1.54, 1.807) is 6.07 Å². The highest BCUT2D eigenvalue weighted by Crippen LogP contribution is 2.24. The maximum absolute atomic E-state index is 13.4. The predicted octanol–water partition coefficient (Wildman–Crippen LogP) is 3.36. The minimum absolute atomic E-state index is 0.612. The molecule has 4 rings (SSSR count). The van der Waals surface area contributed by atoms with Crippen LogP contribution in [0.25, 0.3) is 0 Å². The zero-order chi connectivity index (χ0) is 17.9. The van der Waals surface area contributed by atoms with E-state index in [1.807, 2.05) is 0 Å². The van der Waals surface area contributed by atoms with Gasteiger partial charge in [-0.1, -0.05) is 24.3 Å². The lowest BCUT2D eigenvalue weighted by molar-refractivity contribution is 0.0986. The van der Waals surface area contributed by atoms with Gasteiger partial charge in [-0.3, -0.25) is 9.80 Å². The van der Waals surface area contributed by atoms with Crippen LogP contribution in [0.3, 0.4) is 0 Å². The van der Waals surface area contributed by atoms with Crippen molar-refractivity contribution in [3.8, 4) is 0 Å². The van der Waals surface area contributed by atoms with Gasteiger partial charge < -0.3 is 4.90 Å². The molecule has 138 valence electrons. The minimum Gasteiger partial charge on any atom is -0.370 e. The van der Waals surface area contributed by atoms with Crippen LogP contribution < -0.4 is 4.90 Å². The van der Waals surface area contributed by atoms with Crippen LogP contribution in [0, 0.1) is 11.6 Å². The van der Waals surface area contributed by atoms with Gasteiger partial charge in [0.25, 0.3) is 0 Å². The van der Waals surface area contributed by atoms with Crippen molar-refractivity contribution in [1.29, 1.82) is 0 Å². The van der Waals surface area contributed by atoms with Gasteiger partial charge in [-0.25, -0.2) is 8.78 Å². The fourth-order valence-electron chi connectivity index (χ4n) is 4.10. The first kappa shape index (κ1) is 17.4. The van der Waals surface area contributed by atoms with E-state index in [0.717, 1.165) is 44.8 Å². The molecule has 0 spiro atoms. The third-order valence-corrected chi connectivity index (χ3v) is 5.60. The zero-order valence-corrected chi connectivity index (χ0v) is 15.0. The minimum atomic E-state index is -0.775. The summed E-state index contributed by atoms with van der Waals surface area (Å²) in [7, 11) is 0. The Morgan fingerprint density at radius 3 is 2.35 bits per heavy atom. The molecule has 2 fully saturated rings. The molecule has 26 heavy (non-hydrogen) atoms. The lowest BCUT2D eigenvalue weighted by Gasteiger charge is -2.38. The third kappa shape index (κ3) is 3.89. The molecule has 0 bridgehead atoms. The molecule has 1 atom stereocenters. The second-order valence-corrected chi connectivity index (χ2v) is 7.28. The Kier molecular flexibility index (Phi) is 5.18. The van der Waals surface area contributed by atoms with Crippen LogP contribution in [0.15, 0.2) is 48.5 Å². The van der Waals surface area contributed by atoms with Gasteiger partial charge >= 0.3 is 0 Å². The molecule has 0 aromatic heterocycles. The fourth-order valence-corrected chi connectivity index (χ4v) is 4.10. The monoisotopic (exact) mass is 357 g/mol. The van der Waals surface area contributed by atoms with Gasteiger partial charge in [-0.15, -0.1) is 0 Å². The van der Waals surface area contributed by atoms with Crippen LogP contribution in [0.4, 0.5) is 14.5 Å². The standard InChI is InChI=1S/C21H25F2N3/c22-20-7-6-17(14-21(20)23)15-24-10-12-25(13-11-24)19-8-9-26(16-19)18-4-2-1-3-5-18/h1-7,14,19H,8-13,15-16H2. The van der Waals surface area contributed by atoms with E-state index in [2.05, 4.69) is 45.0 Å². The van der Waals surface area contributed by atoms with E-state index in [-0.39, 0.29) is 0 Å². The van der Waals surface area contributed by atoms with Crippen molar-refractivity contribution < 1.29 is 8.78 Å². The van der Waals surface area contributed by atoms with Gasteiger partial charge in [0.05, 0.1) is 0 Å². The number of nitrogens with zero attached hydrogens (tertiary/aromatic N) is 3. The number of halogens is 2. The quantitative estimate of drug-likeness (QED) is 0.831. The first-order chi connectivity index (χ1) is 12.7. The summed E-state index contributed by atoms with van der Waals surface area (Å²) >= 11 is 0. The highest BCUT2D eigenvalue weighted by Gasteiger charge is 2.30. The second kappa shape index (κ2) is 7.72. The van der Waals surface area contributed by atoms with E-state index in [1.165, 1.54) is 24.2 Å². The molecule has 2 aliphatic rings. The average molecular weight is 357 g/mol. The SMILES string of the molecule is Fc1ccc(CN2CCN(C3CCN(c4ccccc4)C3)CC2)cc1F. The van der Waals surface area contributed by atoms with E-state index in [4.69, 9.17) is 0 Å². The molecule has 1 unspecified atom stereocenters. The maximum atomic E-state index is 13.4. The predicted molar refractivity (Wildman–Crippen MR) is 100 cm³/mol. The van der Waals surface area contributed by atoms with Crippen molar-refractivity contribution in [3.05, 3.63) is 65.7 Å². The second-order valence-electron chi connectivity index (χ2n) is 7.28. The van der Waals surface area contributed by atoms with Crippen LogP contribution in [0.2, 0.25) is 0 Å². The lowest BCUT2D eigenvalue weighted by Crippen LogP contribution is -2.50. The first-order valence-electron chi connectivity index (χ1n) is 9.39. The third-order valence-electron chi connectivity index (χ3n) is 5.60. The molecular weight excluding hydrogens is 332 g/mol. The van der Waals surface area contributed by atoms with Gasteiger partial charge in [0.1, 0.15) is 0 Å². The summed E-state index contributed by atoms with van der Waals surface area (Å²) in [6.45, 7) is 6.92. The van der Waals surface area contributed by atoms with Crippen LogP contribution in [-0.4, -0.2) is 55.1 Å². The van der Waals surface area contributed by atoms with Crippen molar-refractivity contribution in [3.63, 3.8) is 0 Å². The van der Waals surface area contributed by atoms with Crippen LogP contribution >= 0.6 is 0 Å². The molecular formula is C21H25F2N3. The van der Waals surface area contributed by atoms with Crippen LogP contribution in [0.1, 0.15) is 12.0 Å². The molecule has 3 nitrogen and oxygen atoms in total. The summed E-state index contributed by atoms with van der Waals surface area (Å²) in [5, 5.41) is 0. The van der Waals surface area contributed by atoms with Crippen molar-refractivity contribution >= 4 is 5.69 Å². The van der Waals surface area contributed by atoms with E-state index >= 15 is 0 Å². The number of piperazine rings is 1. The van der Waals surface area contributed by atoms with Crippen LogP contribution in [0.5, 0.6) is 0 Å². The van der Waals surface area contributed by atoms with Gasteiger partial charge in [-0.05, 0) is 36.2 Å². The van der Waals surface area contributed by atoms with Gasteiger partial charge in [0, 0.05) is 57.5 Å². The van der Waals surface area contributed by atoms with Crippen molar-refractivity contribution in [2.24, 2.45) is 0 Å². The zero-order valence-electron chi connectivity index (χ0n) is 15.0. The summed E-state index contributed by atoms with van der Waals surface area (Å²) in [5.41, 5.74) is 2.15. The Morgan fingerprint density at radius 1 is 0.846 bits per heavy atom. The van der Waals surface area contributed by atoms with Gasteiger partial charge in [0.15, 0.2) is 11.6 Å². The molecule has 5 heteroatoms. The van der Waals surface area contributed by atoms with Gasteiger partial charge in [-0.2, -0.15) is 0 Å². The molecule has 2 heterocycles. The highest BCUT2D eigenvalue weighted by atomic mass is 19.2. The number of benzene rings is 2. The molecule has 2 aliphatic heterocycles. The van der Waals surface area contributed by atoms with Gasteiger partial charge in [0.2, 0.25) is 0 Å². The topological polar surface area (TPSA) is 9.72 Å². The van der Waals surface area contributed by atoms with E-state index < -0.39 is 11.6 Å². The number of anilines is 1. The molecule has 2 saturated heterocycles. The number of hydrogen-bond acceptors (Lipinski definition) is 3. The molecule has 2 aromatic carbocycles. The van der Waals surface area contributed by atoms with Crippen LogP contribution in [-0.2, 0) is 6.54 Å². The Bertz CT molecular complexity index is 729. The maximum Gasteiger partial charge on any atom is 0.159 e. The van der Waals surface area contributed by atoms with Crippen molar-refractivity contribution in [2.75, 3.05) is 44.2 Å². The Hall–Kier alpha value is -1.98. The van der Waals surface area contributed by atoms with E-state index in [0.29, 0.717) is 12.6 Å². The number of rotatable bonds is 4. The summed E-state index contributed by atoms with van der Waals surface area (Å²) in [4.78, 5) is 7.39. The summed E-state index contributed by atoms with van der Waals surface area (Å²) in [5.74, 6) is -1.53. The molecule has 0 saturated carbocycles. The fraction of sp³-hybridized carbons (Fsp3) is 0.429. The molecule has 0 aliphatic carbocycles. The van der Waals surface area contributed by atoms with E-state index in [9.17, 15) is 8.78 Å². The van der Waals surface area contributed by atoms with Crippen molar-refractivity contribution in [2.45, 2.75) is 19.0 Å². The Balaban J connectivity index is 1.28.